The van der Waals surface area contributed by atoms with Crippen LogP contribution in [0.1, 0.15) is 11.3 Å². The summed E-state index contributed by atoms with van der Waals surface area (Å²) in [5, 5.41) is 0. The van der Waals surface area contributed by atoms with Crippen molar-refractivity contribution < 1.29 is 13.9 Å². The Bertz CT molecular complexity index is 231. The van der Waals surface area contributed by atoms with E-state index in [9.17, 15) is 4.79 Å². The van der Waals surface area contributed by atoms with Gasteiger partial charge in [0.1, 0.15) is 12.4 Å². The second kappa shape index (κ2) is 4.03. The molecule has 0 bridgehead atoms. The number of hydrogen-bond acceptors (Lipinski definition) is 3. The Balaban J connectivity index is 2.60. The van der Waals surface area contributed by atoms with Gasteiger partial charge < -0.3 is 9.15 Å². The van der Waals surface area contributed by atoms with E-state index < -0.39 is 0 Å². The van der Waals surface area contributed by atoms with Crippen LogP contribution < -0.4 is 0 Å². The molecule has 0 aliphatic carbocycles. The molecular formula is C7H7ClO3. The summed E-state index contributed by atoms with van der Waals surface area (Å²) in [4.78, 5) is 9.81. The third kappa shape index (κ3) is 1.98. The molecule has 1 heterocycles. The highest BCUT2D eigenvalue weighted by Gasteiger charge is 2.03. The summed E-state index contributed by atoms with van der Waals surface area (Å²) < 4.78 is 9.50. The van der Waals surface area contributed by atoms with Crippen molar-refractivity contribution >= 4 is 18.1 Å². The van der Waals surface area contributed by atoms with Gasteiger partial charge in [0.15, 0.2) is 0 Å². The lowest BCUT2D eigenvalue weighted by molar-refractivity contribution is -0.129. The van der Waals surface area contributed by atoms with Crippen molar-refractivity contribution in [2.45, 2.75) is 12.5 Å². The lowest BCUT2D eigenvalue weighted by atomic mass is 10.3. The SMILES string of the molecule is O=COCc1ccoc1CCl. The van der Waals surface area contributed by atoms with Crippen LogP contribution in [0, 0.1) is 0 Å². The molecule has 1 aromatic heterocycles. The average molecular weight is 175 g/mol. The Morgan fingerprint density at radius 1 is 1.73 bits per heavy atom. The molecule has 0 saturated heterocycles. The van der Waals surface area contributed by atoms with Gasteiger partial charge in [-0.3, -0.25) is 4.79 Å². The van der Waals surface area contributed by atoms with Gasteiger partial charge in [-0.1, -0.05) is 0 Å². The van der Waals surface area contributed by atoms with Gasteiger partial charge in [-0.2, -0.15) is 0 Å². The first-order chi connectivity index (χ1) is 5.38. The molecule has 0 amide bonds. The van der Waals surface area contributed by atoms with Gasteiger partial charge >= 0.3 is 0 Å². The second-order valence-corrected chi connectivity index (χ2v) is 2.18. The molecule has 0 aromatic carbocycles. The lowest BCUT2D eigenvalue weighted by Crippen LogP contribution is -1.90. The maximum Gasteiger partial charge on any atom is 0.293 e. The molecule has 0 spiro atoms. The highest BCUT2D eigenvalue weighted by atomic mass is 35.5. The van der Waals surface area contributed by atoms with E-state index in [0.717, 1.165) is 5.56 Å². The fourth-order valence-electron chi connectivity index (χ4n) is 0.737. The number of ether oxygens (including phenoxy) is 1. The Morgan fingerprint density at radius 2 is 2.55 bits per heavy atom. The van der Waals surface area contributed by atoms with Gasteiger partial charge in [0, 0.05) is 5.56 Å². The normalized spacial score (nSPS) is 9.55. The molecule has 4 heteroatoms. The minimum atomic E-state index is 0.224. The first-order valence-electron chi connectivity index (χ1n) is 3.05. The summed E-state index contributed by atoms with van der Waals surface area (Å²) in [6.07, 6.45) is 1.52. The molecule has 0 unspecified atom stereocenters. The quantitative estimate of drug-likeness (QED) is 0.515. The van der Waals surface area contributed by atoms with Gasteiger partial charge in [-0.05, 0) is 6.07 Å². The van der Waals surface area contributed by atoms with Crippen LogP contribution in [-0.2, 0) is 22.0 Å². The van der Waals surface area contributed by atoms with Crippen molar-refractivity contribution in [2.24, 2.45) is 0 Å². The van der Waals surface area contributed by atoms with E-state index in [-0.39, 0.29) is 6.61 Å². The van der Waals surface area contributed by atoms with Crippen LogP contribution in [0.3, 0.4) is 0 Å². The summed E-state index contributed by atoms with van der Waals surface area (Å²) in [7, 11) is 0. The monoisotopic (exact) mass is 174 g/mol. The molecule has 11 heavy (non-hydrogen) atoms. The smallest absolute Gasteiger partial charge is 0.293 e. The highest BCUT2D eigenvalue weighted by molar-refractivity contribution is 6.16. The van der Waals surface area contributed by atoms with Crippen LogP contribution in [0.25, 0.3) is 0 Å². The minimum absolute atomic E-state index is 0.224. The van der Waals surface area contributed by atoms with E-state index >= 15 is 0 Å². The van der Waals surface area contributed by atoms with E-state index in [1.165, 1.54) is 6.26 Å². The first-order valence-corrected chi connectivity index (χ1v) is 3.58. The molecule has 0 radical (unpaired) electrons. The Labute approximate surface area is 68.9 Å². The van der Waals surface area contributed by atoms with E-state index in [4.69, 9.17) is 16.0 Å². The zero-order valence-corrected chi connectivity index (χ0v) is 6.50. The zero-order chi connectivity index (χ0) is 8.10. The third-order valence-electron chi connectivity index (χ3n) is 1.27. The number of carbonyl (C=O) groups is 1. The summed E-state index contributed by atoms with van der Waals surface area (Å²) in [6.45, 7) is 0.618. The van der Waals surface area contributed by atoms with E-state index in [0.29, 0.717) is 18.1 Å². The standard InChI is InChI=1S/C7H7ClO3/c8-3-7-6(1-2-11-7)4-10-5-9/h1-2,5H,3-4H2. The van der Waals surface area contributed by atoms with Gasteiger partial charge in [-0.15, -0.1) is 11.6 Å². The average Bonchev–Trinajstić information content (AvgIpc) is 2.47. The van der Waals surface area contributed by atoms with Gasteiger partial charge in [0.25, 0.3) is 6.47 Å². The van der Waals surface area contributed by atoms with Crippen LogP contribution in [0.2, 0.25) is 0 Å². The third-order valence-corrected chi connectivity index (χ3v) is 1.51. The molecule has 0 N–H and O–H groups in total. The number of halogens is 1. The van der Waals surface area contributed by atoms with Crippen LogP contribution in [0.5, 0.6) is 0 Å². The summed E-state index contributed by atoms with van der Waals surface area (Å²) in [6, 6.07) is 1.72. The topological polar surface area (TPSA) is 39.4 Å². The summed E-state index contributed by atoms with van der Waals surface area (Å²) in [5.74, 6) is 0.943. The van der Waals surface area contributed by atoms with Crippen LogP contribution in [0.15, 0.2) is 16.7 Å². The molecular weight excluding hydrogens is 168 g/mol. The van der Waals surface area contributed by atoms with Crippen molar-refractivity contribution in [1.29, 1.82) is 0 Å². The number of carbonyl (C=O) groups excluding carboxylic acids is 1. The minimum Gasteiger partial charge on any atom is -0.468 e. The van der Waals surface area contributed by atoms with Crippen molar-refractivity contribution in [2.75, 3.05) is 0 Å². The van der Waals surface area contributed by atoms with Crippen LogP contribution in [-0.4, -0.2) is 6.47 Å². The van der Waals surface area contributed by atoms with Crippen molar-refractivity contribution in [3.8, 4) is 0 Å². The Kier molecular flexibility index (Phi) is 2.98. The molecule has 0 aliphatic rings. The second-order valence-electron chi connectivity index (χ2n) is 1.91. The van der Waals surface area contributed by atoms with Gasteiger partial charge in [-0.25, -0.2) is 0 Å². The Hall–Kier alpha value is -0.960. The van der Waals surface area contributed by atoms with Gasteiger partial charge in [0.05, 0.1) is 12.1 Å². The first kappa shape index (κ1) is 8.14. The van der Waals surface area contributed by atoms with E-state index in [1.807, 2.05) is 0 Å². The molecule has 0 fully saturated rings. The molecule has 60 valence electrons. The Morgan fingerprint density at radius 3 is 3.18 bits per heavy atom. The van der Waals surface area contributed by atoms with E-state index in [1.54, 1.807) is 6.07 Å². The highest BCUT2D eigenvalue weighted by Crippen LogP contribution is 2.13. The van der Waals surface area contributed by atoms with Crippen molar-refractivity contribution in [1.82, 2.24) is 0 Å². The molecule has 1 rings (SSSR count). The molecule has 1 aromatic rings. The maximum atomic E-state index is 9.81. The van der Waals surface area contributed by atoms with Crippen molar-refractivity contribution in [3.63, 3.8) is 0 Å². The summed E-state index contributed by atoms with van der Waals surface area (Å²) in [5.41, 5.74) is 0.812. The molecule has 0 atom stereocenters. The number of alkyl halides is 1. The summed E-state index contributed by atoms with van der Waals surface area (Å²) >= 11 is 5.51. The van der Waals surface area contributed by atoms with Crippen molar-refractivity contribution in [3.05, 3.63) is 23.7 Å². The number of furan rings is 1. The molecule has 0 aliphatic heterocycles. The maximum absolute atomic E-state index is 9.81. The zero-order valence-electron chi connectivity index (χ0n) is 5.75. The molecule has 3 nitrogen and oxygen atoms in total. The van der Waals surface area contributed by atoms with Crippen LogP contribution >= 0.6 is 11.6 Å². The van der Waals surface area contributed by atoms with E-state index in [2.05, 4.69) is 4.74 Å². The fourth-order valence-corrected chi connectivity index (χ4v) is 0.971. The predicted octanol–water partition coefficient (Wildman–Crippen LogP) is 1.69. The molecule has 0 saturated carbocycles. The fraction of sp³-hybridized carbons (Fsp3) is 0.286. The predicted molar refractivity (Wildman–Crippen MR) is 39.1 cm³/mol. The van der Waals surface area contributed by atoms with Gasteiger partial charge in [0.2, 0.25) is 0 Å². The largest absolute Gasteiger partial charge is 0.468 e. The lowest BCUT2D eigenvalue weighted by Gasteiger charge is -1.95. The van der Waals surface area contributed by atoms with Crippen LogP contribution in [0.4, 0.5) is 0 Å². The number of hydrogen-bond donors (Lipinski definition) is 0. The number of rotatable bonds is 4.